The Morgan fingerprint density at radius 3 is 2.16 bits per heavy atom. The maximum absolute atomic E-state index is 13.5. The molecule has 1 aliphatic carbocycles. The van der Waals surface area contributed by atoms with Crippen LogP contribution in [0.15, 0.2) is 72.8 Å². The summed E-state index contributed by atoms with van der Waals surface area (Å²) < 4.78 is 58.5. The second-order valence-corrected chi connectivity index (χ2v) is 12.2. The lowest BCUT2D eigenvalue weighted by Crippen LogP contribution is -2.36. The Bertz CT molecular complexity index is 1940. The molecule has 1 amide bonds. The lowest BCUT2D eigenvalue weighted by molar-refractivity contribution is -0.153. The lowest BCUT2D eigenvalue weighted by atomic mass is 9.66. The van der Waals surface area contributed by atoms with Crippen LogP contribution < -0.4 is 33.7 Å². The fraction of sp³-hybridized carbons (Fsp3) is 0.289. The highest BCUT2D eigenvalue weighted by atomic mass is 19.1. The normalized spacial score (nSPS) is 19.6. The molecule has 0 saturated carbocycles. The minimum Gasteiger partial charge on any atom is -0.493 e. The fourth-order valence-electron chi connectivity index (χ4n) is 6.88. The summed E-state index contributed by atoms with van der Waals surface area (Å²) in [6.07, 6.45) is -0.891. The highest BCUT2D eigenvalue weighted by molar-refractivity contribution is 5.92. The minimum absolute atomic E-state index is 0.0319. The summed E-state index contributed by atoms with van der Waals surface area (Å²) in [6, 6.07) is 19.3. The first kappa shape index (κ1) is 33.5. The topological polar surface area (TPSA) is 137 Å². The molecule has 4 atom stereocenters. The van der Waals surface area contributed by atoms with Gasteiger partial charge < -0.3 is 43.2 Å². The number of rotatable bonds is 11. The summed E-state index contributed by atoms with van der Waals surface area (Å²) in [5.41, 5.74) is 3.26. The first-order chi connectivity index (χ1) is 24.8. The molecular weight excluding hydrogens is 665 g/mol. The lowest BCUT2D eigenvalue weighted by Gasteiger charge is -2.38. The third-order valence-electron chi connectivity index (χ3n) is 9.19. The molecule has 1 fully saturated rings. The largest absolute Gasteiger partial charge is 0.493 e. The van der Waals surface area contributed by atoms with E-state index in [-0.39, 0.29) is 26.4 Å². The summed E-state index contributed by atoms with van der Waals surface area (Å²) in [6.45, 7) is -0.183. The van der Waals surface area contributed by atoms with E-state index in [0.717, 1.165) is 11.1 Å². The van der Waals surface area contributed by atoms with Gasteiger partial charge in [0.25, 0.3) is 5.91 Å². The van der Waals surface area contributed by atoms with E-state index in [0.29, 0.717) is 51.3 Å². The zero-order valence-corrected chi connectivity index (χ0v) is 27.9. The Hall–Kier alpha value is -5.98. The van der Waals surface area contributed by atoms with Crippen LogP contribution in [0.2, 0.25) is 0 Å². The number of carbonyl (C=O) groups is 3. The van der Waals surface area contributed by atoms with Gasteiger partial charge in [-0.15, -0.1) is 0 Å². The summed E-state index contributed by atoms with van der Waals surface area (Å²) in [5.74, 6) is -0.833. The Morgan fingerprint density at radius 1 is 0.843 bits per heavy atom. The van der Waals surface area contributed by atoms with Crippen LogP contribution in [0.3, 0.4) is 0 Å². The summed E-state index contributed by atoms with van der Waals surface area (Å²) >= 11 is 0. The van der Waals surface area contributed by atoms with Crippen LogP contribution in [0.25, 0.3) is 0 Å². The van der Waals surface area contributed by atoms with Gasteiger partial charge in [0, 0.05) is 23.1 Å². The van der Waals surface area contributed by atoms with E-state index in [4.69, 9.17) is 37.9 Å². The number of benzene rings is 4. The van der Waals surface area contributed by atoms with Crippen molar-refractivity contribution in [1.29, 1.82) is 0 Å². The fourth-order valence-corrected chi connectivity index (χ4v) is 6.88. The van der Waals surface area contributed by atoms with Crippen LogP contribution in [0.5, 0.6) is 34.5 Å². The van der Waals surface area contributed by atoms with Gasteiger partial charge in [0.1, 0.15) is 17.7 Å². The van der Waals surface area contributed by atoms with Crippen molar-refractivity contribution < 1.29 is 56.7 Å². The Labute approximate surface area is 292 Å². The van der Waals surface area contributed by atoms with Crippen molar-refractivity contribution in [2.75, 3.05) is 46.7 Å². The summed E-state index contributed by atoms with van der Waals surface area (Å²) in [7, 11) is 4.56. The molecule has 1 saturated heterocycles. The highest BCUT2D eigenvalue weighted by Crippen LogP contribution is 2.56. The number of carbonyl (C=O) groups excluding carboxylic acids is 3. The van der Waals surface area contributed by atoms with Crippen LogP contribution >= 0.6 is 0 Å². The van der Waals surface area contributed by atoms with E-state index in [9.17, 15) is 18.8 Å². The maximum Gasteiger partial charge on any atom is 0.310 e. The van der Waals surface area contributed by atoms with Crippen molar-refractivity contribution in [1.82, 2.24) is 0 Å². The molecular formula is C38H34FNO11. The van der Waals surface area contributed by atoms with Crippen LogP contribution in [0.1, 0.15) is 34.3 Å². The monoisotopic (exact) mass is 699 g/mol. The highest BCUT2D eigenvalue weighted by Gasteiger charge is 2.54. The molecule has 2 aliphatic heterocycles. The predicted octanol–water partition coefficient (Wildman–Crippen LogP) is 5.36. The van der Waals surface area contributed by atoms with E-state index >= 15 is 0 Å². The average molecular weight is 700 g/mol. The maximum atomic E-state index is 13.5. The van der Waals surface area contributed by atoms with E-state index in [1.165, 1.54) is 45.6 Å². The summed E-state index contributed by atoms with van der Waals surface area (Å²) in [5, 5.41) is 2.72. The molecule has 4 aromatic rings. The molecule has 2 heterocycles. The molecule has 0 unspecified atom stereocenters. The van der Waals surface area contributed by atoms with Gasteiger partial charge in [0.2, 0.25) is 12.5 Å². The number of ether oxygens (including phenoxy) is 8. The van der Waals surface area contributed by atoms with E-state index in [1.807, 2.05) is 6.07 Å². The van der Waals surface area contributed by atoms with E-state index in [2.05, 4.69) is 5.32 Å². The first-order valence-electron chi connectivity index (χ1n) is 16.1. The molecule has 12 nitrogen and oxygen atoms in total. The molecule has 0 bridgehead atoms. The molecule has 0 radical (unpaired) electrons. The average Bonchev–Trinajstić information content (AvgIpc) is 3.76. The molecule has 13 heteroatoms. The molecule has 1 N–H and O–H groups in total. The zero-order valence-electron chi connectivity index (χ0n) is 27.9. The standard InChI is InChI=1S/C38H34FNO11/c1-44-30-13-21(14-31(45-2)37(30)46-3)34-25-15-28-29(50-19-49-28)16-26(25)36(27-17-48-38(43)35(27)34)51-33(42)12-20-4-8-23(9-5-20)40-32(41)18-47-24-10-6-22(39)7-11-24/h4-11,13-16,27,34-36H,12,17-19H2,1-3H3,(H,40,41)/t27-,34+,35-,36-/m0/s1. The third-order valence-corrected chi connectivity index (χ3v) is 9.19. The molecule has 264 valence electrons. The Morgan fingerprint density at radius 2 is 1.51 bits per heavy atom. The second kappa shape index (κ2) is 14.1. The van der Waals surface area contributed by atoms with Gasteiger partial charge in [0.05, 0.1) is 40.3 Å². The smallest absolute Gasteiger partial charge is 0.310 e. The number of esters is 2. The minimum atomic E-state index is -0.823. The van der Waals surface area contributed by atoms with Crippen molar-refractivity contribution in [2.45, 2.75) is 18.4 Å². The van der Waals surface area contributed by atoms with Gasteiger partial charge in [0.15, 0.2) is 29.6 Å². The number of methoxy groups -OCH3 is 3. The Kier molecular flexibility index (Phi) is 9.26. The number of amides is 1. The molecule has 7 rings (SSSR count). The van der Waals surface area contributed by atoms with Crippen molar-refractivity contribution in [3.8, 4) is 34.5 Å². The molecule has 4 aromatic carbocycles. The quantitative estimate of drug-likeness (QED) is 0.203. The molecule has 0 aromatic heterocycles. The second-order valence-electron chi connectivity index (χ2n) is 12.2. The number of halogens is 1. The van der Waals surface area contributed by atoms with Gasteiger partial charge in [-0.1, -0.05) is 12.1 Å². The van der Waals surface area contributed by atoms with Gasteiger partial charge in [-0.2, -0.15) is 0 Å². The Balaban J connectivity index is 1.11. The first-order valence-corrected chi connectivity index (χ1v) is 16.1. The van der Waals surface area contributed by atoms with Gasteiger partial charge in [-0.25, -0.2) is 4.39 Å². The van der Waals surface area contributed by atoms with Gasteiger partial charge in [-0.3, -0.25) is 14.4 Å². The van der Waals surface area contributed by atoms with Crippen LogP contribution in [-0.4, -0.2) is 59.2 Å². The van der Waals surface area contributed by atoms with Gasteiger partial charge >= 0.3 is 11.9 Å². The zero-order chi connectivity index (χ0) is 35.6. The third kappa shape index (κ3) is 6.66. The predicted molar refractivity (Wildman–Crippen MR) is 178 cm³/mol. The van der Waals surface area contributed by atoms with Crippen LogP contribution in [-0.2, 0) is 30.3 Å². The van der Waals surface area contributed by atoms with Gasteiger partial charge in [-0.05, 0) is 77.4 Å². The van der Waals surface area contributed by atoms with E-state index < -0.39 is 47.5 Å². The van der Waals surface area contributed by atoms with Crippen molar-refractivity contribution in [3.05, 3.63) is 101 Å². The van der Waals surface area contributed by atoms with Crippen LogP contribution in [0.4, 0.5) is 10.1 Å². The molecule has 3 aliphatic rings. The number of fused-ring (bicyclic) bond motifs is 3. The molecule has 51 heavy (non-hydrogen) atoms. The number of hydrogen-bond acceptors (Lipinski definition) is 11. The van der Waals surface area contributed by atoms with Crippen molar-refractivity contribution in [2.24, 2.45) is 11.8 Å². The number of hydrogen-bond donors (Lipinski definition) is 1. The van der Waals surface area contributed by atoms with Crippen LogP contribution in [0, 0.1) is 17.7 Å². The summed E-state index contributed by atoms with van der Waals surface area (Å²) in [4.78, 5) is 39.4. The number of nitrogens with one attached hydrogen (secondary N) is 1. The SMILES string of the molecule is COc1cc([C@@H]2c3cc4c(cc3[C@H](OC(=O)Cc3ccc(NC(=O)COc5ccc(F)cc5)cc3)[C@H]3COC(=O)[C@H]23)OCO4)cc(OC)c1OC. The van der Waals surface area contributed by atoms with Crippen molar-refractivity contribution >= 4 is 23.5 Å². The number of cyclic esters (lactones) is 1. The molecule has 0 spiro atoms. The van der Waals surface area contributed by atoms with Crippen molar-refractivity contribution in [3.63, 3.8) is 0 Å². The van der Waals surface area contributed by atoms with E-state index in [1.54, 1.807) is 42.5 Å². The number of anilines is 1.